The lowest BCUT2D eigenvalue weighted by Crippen LogP contribution is -2.60. The number of nitrogens with one attached hydrogen (secondary N) is 1. The number of aliphatic carboxylic acids is 1. The van der Waals surface area contributed by atoms with Crippen molar-refractivity contribution >= 4 is 32.9 Å². The van der Waals surface area contributed by atoms with E-state index >= 15 is 0 Å². The smallest absolute Gasteiger partial charge is 0.377 e. The molecular formula is C14H17BrF3NO3S. The Kier molecular flexibility index (Phi) is 5.71. The summed E-state index contributed by atoms with van der Waals surface area (Å²) >= 11 is 3.04. The third-order valence-electron chi connectivity index (χ3n) is 3.22. The van der Waals surface area contributed by atoms with Crippen LogP contribution in [0.2, 0.25) is 0 Å². The molecular weight excluding hydrogens is 399 g/mol. The molecule has 0 aliphatic carbocycles. The summed E-state index contributed by atoms with van der Waals surface area (Å²) < 4.78 is 56.5. The van der Waals surface area contributed by atoms with Gasteiger partial charge in [0.15, 0.2) is 0 Å². The molecule has 0 heterocycles. The average Bonchev–Trinajstić information content (AvgIpc) is 2.39. The van der Waals surface area contributed by atoms with Crippen molar-refractivity contribution in [2.45, 2.75) is 43.9 Å². The minimum atomic E-state index is -4.41. The second kappa shape index (κ2) is 6.52. The zero-order valence-corrected chi connectivity index (χ0v) is 15.3. The van der Waals surface area contributed by atoms with E-state index in [1.165, 1.54) is 26.8 Å². The lowest BCUT2D eigenvalue weighted by molar-refractivity contribution is -0.177. The van der Waals surface area contributed by atoms with Gasteiger partial charge in [0.25, 0.3) is 0 Å². The topological polar surface area (TPSA) is 66.4 Å². The first-order valence-electron chi connectivity index (χ1n) is 6.50. The van der Waals surface area contributed by atoms with E-state index in [4.69, 9.17) is 5.11 Å². The molecule has 0 bridgehead atoms. The minimum Gasteiger partial charge on any atom is -0.477 e. The highest BCUT2D eigenvalue weighted by molar-refractivity contribution is 9.10. The van der Waals surface area contributed by atoms with Crippen LogP contribution in [-0.4, -0.2) is 26.0 Å². The van der Waals surface area contributed by atoms with Gasteiger partial charge in [0.1, 0.15) is 11.4 Å². The fourth-order valence-corrected chi connectivity index (χ4v) is 3.00. The maximum absolute atomic E-state index is 14.4. The Labute approximate surface area is 143 Å². The van der Waals surface area contributed by atoms with Crippen LogP contribution in [0.4, 0.5) is 13.2 Å². The molecule has 2 unspecified atom stereocenters. The number of carbonyl (C=O) groups is 1. The summed E-state index contributed by atoms with van der Waals surface area (Å²) in [7, 11) is -2.06. The molecule has 2 N–H and O–H groups in total. The van der Waals surface area contributed by atoms with Crippen LogP contribution in [-0.2, 0) is 21.3 Å². The molecule has 0 radical (unpaired) electrons. The molecule has 0 amide bonds. The number of rotatable bonds is 5. The molecule has 1 aromatic carbocycles. The summed E-state index contributed by atoms with van der Waals surface area (Å²) in [6.07, 6.45) is 0. The van der Waals surface area contributed by atoms with Gasteiger partial charge in [-0.3, -0.25) is 0 Å². The van der Waals surface area contributed by atoms with E-state index in [-0.39, 0.29) is 4.47 Å². The highest BCUT2D eigenvalue weighted by Gasteiger charge is 2.60. The second-order valence-corrected chi connectivity index (χ2v) is 8.99. The highest BCUT2D eigenvalue weighted by Crippen LogP contribution is 2.40. The van der Waals surface area contributed by atoms with E-state index in [2.05, 4.69) is 20.7 Å². The number of alkyl halides is 2. The van der Waals surface area contributed by atoms with E-state index in [0.717, 1.165) is 19.1 Å². The molecule has 0 saturated heterocycles. The molecule has 1 aromatic rings. The SMILES string of the molecule is CC(C)(C)S(=O)NC(C)(c1cc(Br)ccc1F)C(F)(F)C(=O)O. The Balaban J connectivity index is 3.59. The van der Waals surface area contributed by atoms with Crippen molar-refractivity contribution in [1.82, 2.24) is 4.72 Å². The van der Waals surface area contributed by atoms with Crippen LogP contribution >= 0.6 is 15.9 Å². The molecule has 23 heavy (non-hydrogen) atoms. The van der Waals surface area contributed by atoms with E-state index in [1.54, 1.807) is 0 Å². The molecule has 1 rings (SSSR count). The third kappa shape index (κ3) is 3.95. The van der Waals surface area contributed by atoms with E-state index in [9.17, 15) is 22.2 Å². The van der Waals surface area contributed by atoms with Crippen molar-refractivity contribution < 1.29 is 27.3 Å². The molecule has 0 aliphatic rings. The zero-order valence-electron chi connectivity index (χ0n) is 12.9. The lowest BCUT2D eigenvalue weighted by atomic mass is 9.86. The maximum atomic E-state index is 14.4. The van der Waals surface area contributed by atoms with Gasteiger partial charge in [-0.25, -0.2) is 18.1 Å². The van der Waals surface area contributed by atoms with E-state index in [1.807, 2.05) is 0 Å². The van der Waals surface area contributed by atoms with E-state index in [0.29, 0.717) is 0 Å². The molecule has 0 aromatic heterocycles. The van der Waals surface area contributed by atoms with Gasteiger partial charge >= 0.3 is 11.9 Å². The zero-order chi connectivity index (χ0) is 18.2. The van der Waals surface area contributed by atoms with Gasteiger partial charge in [-0.2, -0.15) is 8.78 Å². The van der Waals surface area contributed by atoms with Crippen LogP contribution in [0.25, 0.3) is 0 Å². The van der Waals surface area contributed by atoms with Crippen molar-refractivity contribution in [3.8, 4) is 0 Å². The summed E-state index contributed by atoms with van der Waals surface area (Å²) in [4.78, 5) is 11.0. The van der Waals surface area contributed by atoms with Crippen LogP contribution in [0.3, 0.4) is 0 Å². The Hall–Kier alpha value is -0.930. The Bertz CT molecular complexity index is 649. The monoisotopic (exact) mass is 415 g/mol. The maximum Gasteiger partial charge on any atom is 0.377 e. The summed E-state index contributed by atoms with van der Waals surface area (Å²) in [5.41, 5.74) is -3.32. The summed E-state index contributed by atoms with van der Waals surface area (Å²) in [5.74, 6) is -7.89. The Morgan fingerprint density at radius 1 is 1.26 bits per heavy atom. The van der Waals surface area contributed by atoms with Gasteiger partial charge in [-0.1, -0.05) is 15.9 Å². The van der Waals surface area contributed by atoms with Crippen molar-refractivity contribution in [2.75, 3.05) is 0 Å². The van der Waals surface area contributed by atoms with Crippen molar-refractivity contribution in [2.24, 2.45) is 0 Å². The molecule has 9 heteroatoms. The average molecular weight is 416 g/mol. The Morgan fingerprint density at radius 3 is 2.22 bits per heavy atom. The summed E-state index contributed by atoms with van der Waals surface area (Å²) in [5, 5.41) is 8.89. The van der Waals surface area contributed by atoms with Gasteiger partial charge in [0.2, 0.25) is 0 Å². The van der Waals surface area contributed by atoms with Gasteiger partial charge in [-0.05, 0) is 45.9 Å². The predicted octanol–water partition coefficient (Wildman–Crippen LogP) is 3.58. The quantitative estimate of drug-likeness (QED) is 0.772. The number of hydrogen-bond donors (Lipinski definition) is 2. The van der Waals surface area contributed by atoms with Gasteiger partial charge in [0, 0.05) is 10.0 Å². The normalized spacial score (nSPS) is 16.7. The van der Waals surface area contributed by atoms with Crippen molar-refractivity contribution in [3.63, 3.8) is 0 Å². The molecule has 4 nitrogen and oxygen atoms in total. The third-order valence-corrected chi connectivity index (χ3v) is 5.42. The fraction of sp³-hybridized carbons (Fsp3) is 0.500. The predicted molar refractivity (Wildman–Crippen MR) is 85.1 cm³/mol. The number of halogens is 4. The van der Waals surface area contributed by atoms with Crippen molar-refractivity contribution in [3.05, 3.63) is 34.1 Å². The van der Waals surface area contributed by atoms with Crippen LogP contribution in [0.1, 0.15) is 33.3 Å². The summed E-state index contributed by atoms with van der Waals surface area (Å²) in [6, 6.07) is 3.26. The molecule has 0 spiro atoms. The van der Waals surface area contributed by atoms with Crippen LogP contribution < -0.4 is 4.72 Å². The first-order valence-corrected chi connectivity index (χ1v) is 8.44. The number of benzene rings is 1. The number of carboxylic acids is 1. The van der Waals surface area contributed by atoms with Crippen LogP contribution in [0.5, 0.6) is 0 Å². The molecule has 0 saturated carbocycles. The first kappa shape index (κ1) is 20.1. The standard InChI is InChI=1S/C14H17BrF3NO3S/c1-12(2,3)23(22)19-13(4,14(17,18)11(20)21)9-7-8(15)5-6-10(9)16/h5-7,19H,1-4H3,(H,20,21). The first-order chi connectivity index (χ1) is 10.2. The van der Waals surface area contributed by atoms with Gasteiger partial charge in [-0.15, -0.1) is 0 Å². The van der Waals surface area contributed by atoms with Gasteiger partial charge < -0.3 is 5.11 Å². The van der Waals surface area contributed by atoms with Crippen molar-refractivity contribution in [1.29, 1.82) is 0 Å². The molecule has 2 atom stereocenters. The molecule has 0 fully saturated rings. The highest BCUT2D eigenvalue weighted by atomic mass is 79.9. The van der Waals surface area contributed by atoms with Gasteiger partial charge in [0.05, 0.1) is 15.7 Å². The number of carboxylic acid groups (broad SMARTS) is 1. The van der Waals surface area contributed by atoms with E-state index < -0.39 is 44.5 Å². The van der Waals surface area contributed by atoms with Crippen LogP contribution in [0, 0.1) is 5.82 Å². The summed E-state index contributed by atoms with van der Waals surface area (Å²) in [6.45, 7) is 5.38. The van der Waals surface area contributed by atoms with Crippen LogP contribution in [0.15, 0.2) is 22.7 Å². The number of hydrogen-bond acceptors (Lipinski definition) is 2. The Morgan fingerprint density at radius 2 is 1.78 bits per heavy atom. The fourth-order valence-electron chi connectivity index (χ4n) is 1.72. The molecule has 0 aliphatic heterocycles. The second-order valence-electron chi connectivity index (χ2n) is 6.11. The molecule has 130 valence electrons. The minimum absolute atomic E-state index is 0.282. The largest absolute Gasteiger partial charge is 0.477 e. The lowest BCUT2D eigenvalue weighted by Gasteiger charge is -2.37.